The Morgan fingerprint density at radius 3 is 2.18 bits per heavy atom. The van der Waals surface area contributed by atoms with Gasteiger partial charge in [-0.1, -0.05) is 6.07 Å². The zero-order valence-electron chi connectivity index (χ0n) is 16.1. The molecule has 0 fully saturated rings. The predicted octanol–water partition coefficient (Wildman–Crippen LogP) is 3.50. The molecule has 0 bridgehead atoms. The van der Waals surface area contributed by atoms with E-state index in [1.54, 1.807) is 45.5 Å². The van der Waals surface area contributed by atoms with Gasteiger partial charge in [0.15, 0.2) is 29.0 Å². The molecule has 0 saturated heterocycles. The standard InChI is InChI=1S/C19H23F2N3O4/c1-22-19(24-13-6-8-14(25-2)16(10-13)27-4)23-11-12-5-7-15(26-3)17(9-12)28-18(20)21/h5-10,18H,11H2,1-4H3,(H2,22,23,24). The topological polar surface area (TPSA) is 73.3 Å². The molecule has 0 aliphatic carbocycles. The summed E-state index contributed by atoms with van der Waals surface area (Å²) in [6, 6.07) is 10.2. The Labute approximate surface area is 162 Å². The molecule has 0 aromatic heterocycles. The number of nitrogens with zero attached hydrogens (tertiary/aromatic N) is 1. The Hall–Kier alpha value is -3.23. The molecule has 7 nitrogen and oxygen atoms in total. The number of nitrogens with one attached hydrogen (secondary N) is 2. The highest BCUT2D eigenvalue weighted by atomic mass is 19.3. The summed E-state index contributed by atoms with van der Waals surface area (Å²) in [4.78, 5) is 4.15. The molecule has 0 saturated carbocycles. The summed E-state index contributed by atoms with van der Waals surface area (Å²) in [5.41, 5.74) is 1.45. The minimum absolute atomic E-state index is 0.0281. The number of hydrogen-bond acceptors (Lipinski definition) is 5. The normalized spacial score (nSPS) is 11.2. The van der Waals surface area contributed by atoms with E-state index in [-0.39, 0.29) is 11.5 Å². The number of ether oxygens (including phenoxy) is 4. The van der Waals surface area contributed by atoms with Crippen molar-refractivity contribution in [2.45, 2.75) is 13.2 Å². The number of aliphatic imine (C=N–C) groups is 1. The fraction of sp³-hybridized carbons (Fsp3) is 0.316. The molecule has 0 aliphatic rings. The molecule has 0 unspecified atom stereocenters. The molecule has 2 rings (SSSR count). The molecule has 0 radical (unpaired) electrons. The first-order valence-electron chi connectivity index (χ1n) is 8.32. The summed E-state index contributed by atoms with van der Waals surface area (Å²) in [5.74, 6) is 1.88. The van der Waals surface area contributed by atoms with Crippen LogP contribution in [0.4, 0.5) is 14.5 Å². The Kier molecular flexibility index (Phi) is 7.67. The number of alkyl halides is 2. The van der Waals surface area contributed by atoms with Crippen LogP contribution in [0.25, 0.3) is 0 Å². The predicted molar refractivity (Wildman–Crippen MR) is 103 cm³/mol. The van der Waals surface area contributed by atoms with E-state index in [1.807, 2.05) is 6.07 Å². The van der Waals surface area contributed by atoms with E-state index >= 15 is 0 Å². The largest absolute Gasteiger partial charge is 0.493 e. The zero-order valence-corrected chi connectivity index (χ0v) is 16.1. The van der Waals surface area contributed by atoms with Gasteiger partial charge in [0.05, 0.1) is 21.3 Å². The SMILES string of the molecule is CN=C(NCc1ccc(OC)c(OC(F)F)c1)Nc1ccc(OC)c(OC)c1. The maximum atomic E-state index is 12.6. The van der Waals surface area contributed by atoms with Crippen LogP contribution in [-0.4, -0.2) is 40.9 Å². The highest BCUT2D eigenvalue weighted by Gasteiger charge is 2.12. The van der Waals surface area contributed by atoms with Gasteiger partial charge in [0.25, 0.3) is 0 Å². The van der Waals surface area contributed by atoms with Crippen molar-refractivity contribution in [3.05, 3.63) is 42.0 Å². The van der Waals surface area contributed by atoms with Gasteiger partial charge in [0.2, 0.25) is 0 Å². The molecular formula is C19H23F2N3O4. The summed E-state index contributed by atoms with van der Waals surface area (Å²) < 4.78 is 45.1. The molecule has 28 heavy (non-hydrogen) atoms. The molecule has 2 N–H and O–H groups in total. The average molecular weight is 395 g/mol. The molecule has 0 amide bonds. The minimum Gasteiger partial charge on any atom is -0.493 e. The van der Waals surface area contributed by atoms with Crippen LogP contribution in [0.15, 0.2) is 41.4 Å². The second kappa shape index (κ2) is 10.2. The van der Waals surface area contributed by atoms with Crippen molar-refractivity contribution < 1.29 is 27.7 Å². The van der Waals surface area contributed by atoms with Crippen LogP contribution >= 0.6 is 0 Å². The van der Waals surface area contributed by atoms with Crippen LogP contribution in [0.2, 0.25) is 0 Å². The number of halogens is 2. The van der Waals surface area contributed by atoms with Crippen molar-refractivity contribution in [3.8, 4) is 23.0 Å². The number of methoxy groups -OCH3 is 3. The van der Waals surface area contributed by atoms with Crippen molar-refractivity contribution in [1.29, 1.82) is 0 Å². The first kappa shape index (κ1) is 21.1. The van der Waals surface area contributed by atoms with Gasteiger partial charge in [-0.15, -0.1) is 0 Å². The number of hydrogen-bond donors (Lipinski definition) is 2. The maximum absolute atomic E-state index is 12.6. The Balaban J connectivity index is 2.06. The van der Waals surface area contributed by atoms with E-state index in [0.717, 1.165) is 5.69 Å². The van der Waals surface area contributed by atoms with Gasteiger partial charge in [-0.2, -0.15) is 8.78 Å². The highest BCUT2D eigenvalue weighted by Crippen LogP contribution is 2.30. The van der Waals surface area contributed by atoms with Crippen LogP contribution in [0.1, 0.15) is 5.56 Å². The van der Waals surface area contributed by atoms with Crippen molar-refractivity contribution in [2.75, 3.05) is 33.7 Å². The number of anilines is 1. The van der Waals surface area contributed by atoms with E-state index in [1.165, 1.54) is 13.2 Å². The van der Waals surface area contributed by atoms with Gasteiger partial charge in [0.1, 0.15) is 0 Å². The quantitative estimate of drug-likeness (QED) is 0.527. The lowest BCUT2D eigenvalue weighted by Gasteiger charge is -2.15. The minimum atomic E-state index is -2.93. The molecule has 0 atom stereocenters. The van der Waals surface area contributed by atoms with Crippen LogP contribution < -0.4 is 29.6 Å². The van der Waals surface area contributed by atoms with Crippen molar-refractivity contribution >= 4 is 11.6 Å². The summed E-state index contributed by atoms with van der Waals surface area (Å²) in [7, 11) is 6.12. The fourth-order valence-electron chi connectivity index (χ4n) is 2.43. The maximum Gasteiger partial charge on any atom is 0.387 e. The van der Waals surface area contributed by atoms with Gasteiger partial charge in [-0.25, -0.2) is 0 Å². The van der Waals surface area contributed by atoms with Crippen molar-refractivity contribution in [1.82, 2.24) is 5.32 Å². The van der Waals surface area contributed by atoms with Gasteiger partial charge >= 0.3 is 6.61 Å². The molecule has 0 heterocycles. The summed E-state index contributed by atoms with van der Waals surface area (Å²) >= 11 is 0. The molecule has 2 aromatic carbocycles. The molecular weight excluding hydrogens is 372 g/mol. The second-order valence-electron chi connectivity index (χ2n) is 5.48. The number of rotatable bonds is 8. The van der Waals surface area contributed by atoms with E-state index in [2.05, 4.69) is 20.4 Å². The van der Waals surface area contributed by atoms with E-state index < -0.39 is 6.61 Å². The van der Waals surface area contributed by atoms with Gasteiger partial charge in [-0.3, -0.25) is 4.99 Å². The third kappa shape index (κ3) is 5.63. The van der Waals surface area contributed by atoms with Gasteiger partial charge in [-0.05, 0) is 29.8 Å². The van der Waals surface area contributed by atoms with E-state index in [9.17, 15) is 8.78 Å². The van der Waals surface area contributed by atoms with E-state index in [4.69, 9.17) is 14.2 Å². The van der Waals surface area contributed by atoms with Crippen LogP contribution in [0, 0.1) is 0 Å². The lowest BCUT2D eigenvalue weighted by atomic mass is 10.2. The molecule has 0 spiro atoms. The number of guanidine groups is 1. The summed E-state index contributed by atoms with van der Waals surface area (Å²) in [6.07, 6.45) is 0. The lowest BCUT2D eigenvalue weighted by molar-refractivity contribution is -0.0512. The number of benzene rings is 2. The second-order valence-corrected chi connectivity index (χ2v) is 5.48. The Morgan fingerprint density at radius 2 is 1.57 bits per heavy atom. The Bertz CT molecular complexity index is 816. The first-order valence-corrected chi connectivity index (χ1v) is 8.32. The highest BCUT2D eigenvalue weighted by molar-refractivity contribution is 5.93. The van der Waals surface area contributed by atoms with Crippen LogP contribution in [0.5, 0.6) is 23.0 Å². The zero-order chi connectivity index (χ0) is 20.5. The monoisotopic (exact) mass is 395 g/mol. The molecule has 0 aliphatic heterocycles. The molecule has 152 valence electrons. The summed E-state index contributed by atoms with van der Waals surface area (Å²) in [5, 5.41) is 6.22. The average Bonchev–Trinajstić information content (AvgIpc) is 2.70. The van der Waals surface area contributed by atoms with Gasteiger partial charge in [0, 0.05) is 25.3 Å². The first-order chi connectivity index (χ1) is 13.5. The third-order valence-corrected chi connectivity index (χ3v) is 3.77. The van der Waals surface area contributed by atoms with Crippen molar-refractivity contribution in [3.63, 3.8) is 0 Å². The summed E-state index contributed by atoms with van der Waals surface area (Å²) in [6.45, 7) is -2.60. The van der Waals surface area contributed by atoms with E-state index in [0.29, 0.717) is 29.6 Å². The smallest absolute Gasteiger partial charge is 0.387 e. The lowest BCUT2D eigenvalue weighted by Crippen LogP contribution is -2.30. The van der Waals surface area contributed by atoms with Gasteiger partial charge < -0.3 is 29.6 Å². The molecule has 9 heteroatoms. The van der Waals surface area contributed by atoms with Crippen LogP contribution in [-0.2, 0) is 6.54 Å². The third-order valence-electron chi connectivity index (χ3n) is 3.77. The fourth-order valence-corrected chi connectivity index (χ4v) is 2.43. The van der Waals surface area contributed by atoms with Crippen molar-refractivity contribution in [2.24, 2.45) is 4.99 Å². The Morgan fingerprint density at radius 1 is 0.929 bits per heavy atom. The van der Waals surface area contributed by atoms with Crippen LogP contribution in [0.3, 0.4) is 0 Å². The molecule has 2 aromatic rings.